The van der Waals surface area contributed by atoms with E-state index in [9.17, 15) is 0 Å². The van der Waals surface area contributed by atoms with Crippen molar-refractivity contribution in [2.24, 2.45) is 0 Å². The van der Waals surface area contributed by atoms with Crippen LogP contribution in [0.3, 0.4) is 0 Å². The monoisotopic (exact) mass is 298 g/mol. The summed E-state index contributed by atoms with van der Waals surface area (Å²) >= 11 is 0. The number of ether oxygens (including phenoxy) is 4. The normalized spacial score (nSPS) is 22.4. The molecule has 0 N–H and O–H groups in total. The second kappa shape index (κ2) is 6.08. The van der Waals surface area contributed by atoms with Gasteiger partial charge in [-0.25, -0.2) is 0 Å². The molecule has 2 unspecified atom stereocenters. The average Bonchev–Trinajstić information content (AvgIpc) is 3.47. The van der Waals surface area contributed by atoms with Crippen LogP contribution in [-0.4, -0.2) is 32.2 Å². The van der Waals surface area contributed by atoms with Gasteiger partial charge in [0.1, 0.15) is 25.1 Å². The summed E-state index contributed by atoms with van der Waals surface area (Å²) in [5.74, 6) is 0.883. The predicted molar refractivity (Wildman–Crippen MR) is 81.6 cm³/mol. The number of rotatable bonds is 7. The van der Waals surface area contributed by atoms with Crippen molar-refractivity contribution in [1.82, 2.24) is 0 Å². The third-order valence-electron chi connectivity index (χ3n) is 3.72. The summed E-state index contributed by atoms with van der Waals surface area (Å²) in [7, 11) is 0. The molecule has 0 aromatic heterocycles. The smallest absolute Gasteiger partial charge is 0.181 e. The lowest BCUT2D eigenvalue weighted by Gasteiger charge is -2.07. The van der Waals surface area contributed by atoms with Gasteiger partial charge in [-0.15, -0.1) is 0 Å². The molecule has 4 rings (SSSR count). The van der Waals surface area contributed by atoms with Crippen molar-refractivity contribution in [2.75, 3.05) is 19.8 Å². The Kier molecular flexibility index (Phi) is 3.81. The van der Waals surface area contributed by atoms with Gasteiger partial charge in [0.2, 0.25) is 0 Å². The Morgan fingerprint density at radius 3 is 2.09 bits per heavy atom. The van der Waals surface area contributed by atoms with Gasteiger partial charge in [0.05, 0.1) is 13.2 Å². The fraction of sp³-hybridized carbons (Fsp3) is 0.333. The van der Waals surface area contributed by atoms with E-state index in [1.807, 2.05) is 12.1 Å². The predicted octanol–water partition coefficient (Wildman–Crippen LogP) is 3.00. The molecule has 2 aromatic carbocycles. The molecule has 0 radical (unpaired) electrons. The quantitative estimate of drug-likeness (QED) is 0.737. The summed E-state index contributed by atoms with van der Waals surface area (Å²) in [6.45, 7) is 2.78. The first-order valence-corrected chi connectivity index (χ1v) is 7.54. The van der Waals surface area contributed by atoms with E-state index in [0.717, 1.165) is 24.5 Å². The number of benzene rings is 2. The van der Waals surface area contributed by atoms with Crippen LogP contribution in [0.25, 0.3) is 11.1 Å². The molecule has 0 saturated carbocycles. The molecule has 4 heteroatoms. The Morgan fingerprint density at radius 1 is 0.864 bits per heavy atom. The van der Waals surface area contributed by atoms with Crippen LogP contribution in [0.15, 0.2) is 48.5 Å². The lowest BCUT2D eigenvalue weighted by atomic mass is 10.0. The van der Waals surface area contributed by atoms with Gasteiger partial charge in [-0.1, -0.05) is 36.4 Å². The van der Waals surface area contributed by atoms with E-state index in [1.54, 1.807) is 0 Å². The highest BCUT2D eigenvalue weighted by Crippen LogP contribution is 2.24. The molecule has 2 saturated heterocycles. The molecule has 2 aromatic rings. The summed E-state index contributed by atoms with van der Waals surface area (Å²) in [6, 6.07) is 16.6. The highest BCUT2D eigenvalue weighted by atomic mass is 16.8. The lowest BCUT2D eigenvalue weighted by molar-refractivity contribution is 0.0386. The summed E-state index contributed by atoms with van der Waals surface area (Å²) in [4.78, 5) is 0. The minimum atomic E-state index is 0.00765. The van der Waals surface area contributed by atoms with Crippen LogP contribution in [0, 0.1) is 0 Å². The molecule has 22 heavy (non-hydrogen) atoms. The second-order valence-corrected chi connectivity index (χ2v) is 5.56. The number of epoxide rings is 2. The standard InChI is InChI=1S/C18H18O4/c1-3-14(4-2-13(1)9-21-18-12-22-18)15-5-7-16(8-6-15)19-10-17-11-20-17/h1-8,17-18H,9-12H2. The Bertz CT molecular complexity index is 555. The molecule has 4 nitrogen and oxygen atoms in total. The zero-order chi connectivity index (χ0) is 14.8. The van der Waals surface area contributed by atoms with Crippen LogP contribution in [0.1, 0.15) is 5.56 Å². The third kappa shape index (κ3) is 3.65. The first kappa shape index (κ1) is 13.8. The van der Waals surface area contributed by atoms with Crippen LogP contribution < -0.4 is 4.74 Å². The zero-order valence-corrected chi connectivity index (χ0v) is 12.2. The maximum atomic E-state index is 5.65. The van der Waals surface area contributed by atoms with Gasteiger partial charge in [0.25, 0.3) is 0 Å². The van der Waals surface area contributed by atoms with Crippen molar-refractivity contribution < 1.29 is 18.9 Å². The highest BCUT2D eigenvalue weighted by Gasteiger charge is 2.23. The van der Waals surface area contributed by atoms with E-state index >= 15 is 0 Å². The van der Waals surface area contributed by atoms with E-state index < -0.39 is 0 Å². The van der Waals surface area contributed by atoms with Gasteiger partial charge in [0.15, 0.2) is 6.29 Å². The molecule has 0 aliphatic carbocycles. The molecular weight excluding hydrogens is 280 g/mol. The first-order chi connectivity index (χ1) is 10.9. The van der Waals surface area contributed by atoms with Gasteiger partial charge in [-0.2, -0.15) is 0 Å². The van der Waals surface area contributed by atoms with Gasteiger partial charge in [-0.05, 0) is 28.8 Å². The van der Waals surface area contributed by atoms with E-state index in [-0.39, 0.29) is 12.4 Å². The van der Waals surface area contributed by atoms with E-state index in [1.165, 1.54) is 11.1 Å². The molecule has 2 aliphatic heterocycles. The van der Waals surface area contributed by atoms with Crippen molar-refractivity contribution in [3.8, 4) is 16.9 Å². The SMILES string of the molecule is c1cc(-c2ccc(OCC3CO3)cc2)ccc1COC1CO1. The first-order valence-electron chi connectivity index (χ1n) is 7.54. The maximum absolute atomic E-state index is 5.65. The van der Waals surface area contributed by atoms with Gasteiger partial charge in [-0.3, -0.25) is 0 Å². The van der Waals surface area contributed by atoms with Crippen LogP contribution in [0.5, 0.6) is 5.75 Å². The molecule has 2 atom stereocenters. The minimum absolute atomic E-state index is 0.00765. The number of hydrogen-bond donors (Lipinski definition) is 0. The summed E-state index contributed by atoms with van der Waals surface area (Å²) in [6.07, 6.45) is 0.295. The molecular formula is C18H18O4. The van der Waals surface area contributed by atoms with Crippen LogP contribution in [-0.2, 0) is 20.8 Å². The minimum Gasteiger partial charge on any atom is -0.491 e. The Hall–Kier alpha value is -1.88. The molecule has 0 spiro atoms. The molecule has 114 valence electrons. The van der Waals surface area contributed by atoms with E-state index in [4.69, 9.17) is 18.9 Å². The molecule has 0 amide bonds. The third-order valence-corrected chi connectivity index (χ3v) is 3.72. The Labute approximate surface area is 129 Å². The molecule has 2 fully saturated rings. The summed E-state index contributed by atoms with van der Waals surface area (Å²) in [5.41, 5.74) is 3.51. The van der Waals surface area contributed by atoms with Gasteiger partial charge in [0, 0.05) is 0 Å². The van der Waals surface area contributed by atoms with E-state index in [2.05, 4.69) is 36.4 Å². The van der Waals surface area contributed by atoms with Crippen molar-refractivity contribution >= 4 is 0 Å². The van der Waals surface area contributed by atoms with Crippen LogP contribution >= 0.6 is 0 Å². The van der Waals surface area contributed by atoms with Crippen molar-refractivity contribution in [3.05, 3.63) is 54.1 Å². The van der Waals surface area contributed by atoms with Crippen molar-refractivity contribution in [2.45, 2.75) is 19.0 Å². The Balaban J connectivity index is 1.37. The fourth-order valence-electron chi connectivity index (χ4n) is 2.22. The number of hydrogen-bond acceptors (Lipinski definition) is 4. The van der Waals surface area contributed by atoms with Crippen molar-refractivity contribution in [3.63, 3.8) is 0 Å². The lowest BCUT2D eigenvalue weighted by Crippen LogP contribution is -2.03. The van der Waals surface area contributed by atoms with Gasteiger partial charge < -0.3 is 18.9 Å². The average molecular weight is 298 g/mol. The fourth-order valence-corrected chi connectivity index (χ4v) is 2.22. The topological polar surface area (TPSA) is 43.5 Å². The second-order valence-electron chi connectivity index (χ2n) is 5.56. The molecule has 2 aliphatic rings. The molecule has 0 bridgehead atoms. The zero-order valence-electron chi connectivity index (χ0n) is 12.2. The van der Waals surface area contributed by atoms with Crippen LogP contribution in [0.4, 0.5) is 0 Å². The summed E-state index contributed by atoms with van der Waals surface area (Å²) < 4.78 is 21.3. The maximum Gasteiger partial charge on any atom is 0.181 e. The largest absolute Gasteiger partial charge is 0.491 e. The van der Waals surface area contributed by atoms with Gasteiger partial charge >= 0.3 is 0 Å². The van der Waals surface area contributed by atoms with E-state index in [0.29, 0.717) is 13.2 Å². The van der Waals surface area contributed by atoms with Crippen molar-refractivity contribution in [1.29, 1.82) is 0 Å². The molecule has 2 heterocycles. The van der Waals surface area contributed by atoms with Crippen LogP contribution in [0.2, 0.25) is 0 Å². The highest BCUT2D eigenvalue weighted by molar-refractivity contribution is 5.64. The summed E-state index contributed by atoms with van der Waals surface area (Å²) in [5, 5.41) is 0. The Morgan fingerprint density at radius 2 is 1.50 bits per heavy atom.